The largest absolute Gasteiger partial charge is 0.489 e. The second-order valence-corrected chi connectivity index (χ2v) is 7.04. The summed E-state index contributed by atoms with van der Waals surface area (Å²) in [6.07, 6.45) is 1.22. The number of aromatic nitrogens is 1. The number of carbonyl (C=O) groups is 1. The number of rotatable bonds is 9. The van der Waals surface area contributed by atoms with Crippen LogP contribution in [-0.4, -0.2) is 23.7 Å². The van der Waals surface area contributed by atoms with Crippen LogP contribution in [0.4, 0.5) is 0 Å². The Morgan fingerprint density at radius 2 is 1.96 bits per heavy atom. The lowest BCUT2D eigenvalue weighted by molar-refractivity contribution is -0.121. The van der Waals surface area contributed by atoms with Crippen LogP contribution in [0.25, 0.3) is 0 Å². The number of benzene rings is 1. The predicted octanol–water partition coefficient (Wildman–Crippen LogP) is 2.90. The van der Waals surface area contributed by atoms with E-state index in [4.69, 9.17) is 15.0 Å². The quantitative estimate of drug-likeness (QED) is 0.718. The van der Waals surface area contributed by atoms with Gasteiger partial charge in [-0.2, -0.15) is 0 Å². The van der Waals surface area contributed by atoms with E-state index in [9.17, 15) is 4.79 Å². The van der Waals surface area contributed by atoms with Crippen molar-refractivity contribution >= 4 is 5.91 Å². The number of hydrogen-bond acceptors (Lipinski definition) is 5. The zero-order valence-corrected chi connectivity index (χ0v) is 16.0. The number of nitrogens with one attached hydrogen (secondary N) is 1. The van der Waals surface area contributed by atoms with Crippen molar-refractivity contribution in [2.45, 2.75) is 53.2 Å². The van der Waals surface area contributed by atoms with Crippen molar-refractivity contribution in [3.05, 3.63) is 46.8 Å². The van der Waals surface area contributed by atoms with Gasteiger partial charge >= 0.3 is 0 Å². The fraction of sp³-hybridized carbons (Fsp3) is 0.500. The highest BCUT2D eigenvalue weighted by Crippen LogP contribution is 2.18. The minimum absolute atomic E-state index is 0.00881. The molecule has 3 N–H and O–H groups in total. The van der Waals surface area contributed by atoms with Crippen LogP contribution in [0.3, 0.4) is 0 Å². The molecule has 2 rings (SSSR count). The van der Waals surface area contributed by atoms with Crippen LogP contribution in [-0.2, 0) is 17.8 Å². The van der Waals surface area contributed by atoms with Gasteiger partial charge in [-0.05, 0) is 43.9 Å². The molecule has 1 amide bonds. The van der Waals surface area contributed by atoms with E-state index in [0.29, 0.717) is 25.5 Å². The maximum atomic E-state index is 12.2. The third-order valence-electron chi connectivity index (χ3n) is 4.26. The molecule has 0 saturated heterocycles. The highest BCUT2D eigenvalue weighted by Gasteiger charge is 2.13. The van der Waals surface area contributed by atoms with Crippen LogP contribution in [0.1, 0.15) is 42.8 Å². The fourth-order valence-electron chi connectivity index (χ4n) is 2.81. The molecule has 0 aliphatic rings. The highest BCUT2D eigenvalue weighted by atomic mass is 16.5. The van der Waals surface area contributed by atoms with Crippen molar-refractivity contribution in [2.24, 2.45) is 11.7 Å². The molecule has 0 radical (unpaired) electrons. The Hall–Kier alpha value is -2.34. The maximum absolute atomic E-state index is 12.2. The summed E-state index contributed by atoms with van der Waals surface area (Å²) in [5.74, 6) is 2.00. The third kappa shape index (κ3) is 5.88. The van der Waals surface area contributed by atoms with E-state index in [0.717, 1.165) is 34.8 Å². The Kier molecular flexibility index (Phi) is 7.21. The number of nitrogens with zero attached hydrogens (tertiary/aromatic N) is 1. The van der Waals surface area contributed by atoms with Crippen molar-refractivity contribution in [3.8, 4) is 5.75 Å². The van der Waals surface area contributed by atoms with Crippen LogP contribution in [0.15, 0.2) is 28.8 Å². The molecule has 0 saturated carbocycles. The van der Waals surface area contributed by atoms with Gasteiger partial charge in [-0.3, -0.25) is 4.79 Å². The van der Waals surface area contributed by atoms with Crippen LogP contribution < -0.4 is 15.8 Å². The lowest BCUT2D eigenvalue weighted by Gasteiger charge is -2.18. The van der Waals surface area contributed by atoms with E-state index in [2.05, 4.69) is 24.3 Å². The molecule has 6 nitrogen and oxygen atoms in total. The Morgan fingerprint density at radius 1 is 1.27 bits per heavy atom. The summed E-state index contributed by atoms with van der Waals surface area (Å²) in [5, 5.41) is 6.92. The summed E-state index contributed by atoms with van der Waals surface area (Å²) in [7, 11) is 0. The van der Waals surface area contributed by atoms with Crippen LogP contribution in [0.2, 0.25) is 0 Å². The molecule has 0 aliphatic heterocycles. The van der Waals surface area contributed by atoms with Crippen molar-refractivity contribution < 1.29 is 14.1 Å². The Balaban J connectivity index is 1.85. The van der Waals surface area contributed by atoms with Gasteiger partial charge < -0.3 is 20.3 Å². The van der Waals surface area contributed by atoms with E-state index in [-0.39, 0.29) is 11.9 Å². The molecule has 2 aromatic rings. The molecule has 1 heterocycles. The smallest absolute Gasteiger partial charge is 0.224 e. The van der Waals surface area contributed by atoms with Crippen molar-refractivity contribution in [3.63, 3.8) is 0 Å². The monoisotopic (exact) mass is 359 g/mol. The first-order chi connectivity index (χ1) is 12.4. The molecule has 0 spiro atoms. The van der Waals surface area contributed by atoms with Gasteiger partial charge in [0.15, 0.2) is 0 Å². The SMILES string of the molecule is Cc1noc(C)c1COc1ccc(CC(=O)NC(CN)CC(C)C)cc1. The highest BCUT2D eigenvalue weighted by molar-refractivity contribution is 5.78. The number of carbonyl (C=O) groups excluding carboxylic acids is 1. The number of nitrogens with two attached hydrogens (primary N) is 1. The van der Waals surface area contributed by atoms with E-state index in [1.54, 1.807) is 0 Å². The standard InChI is InChI=1S/C20H29N3O3/c1-13(2)9-17(11-21)22-20(24)10-16-5-7-18(8-6-16)25-12-19-14(3)23-26-15(19)4/h5-8,13,17H,9-12,21H2,1-4H3,(H,22,24). The number of amides is 1. The number of hydrogen-bond donors (Lipinski definition) is 2. The van der Waals surface area contributed by atoms with Gasteiger partial charge in [0.1, 0.15) is 18.1 Å². The summed E-state index contributed by atoms with van der Waals surface area (Å²) in [5.41, 5.74) is 8.48. The topological polar surface area (TPSA) is 90.4 Å². The Labute approximate surface area is 155 Å². The normalized spacial score (nSPS) is 12.2. The molecule has 1 atom stereocenters. The van der Waals surface area contributed by atoms with Gasteiger partial charge in [0.25, 0.3) is 0 Å². The minimum atomic E-state index is -0.00881. The summed E-state index contributed by atoms with van der Waals surface area (Å²) in [4.78, 5) is 12.2. The first-order valence-corrected chi connectivity index (χ1v) is 9.02. The van der Waals surface area contributed by atoms with Gasteiger partial charge in [0.2, 0.25) is 5.91 Å². The van der Waals surface area contributed by atoms with Crippen molar-refractivity contribution in [1.29, 1.82) is 0 Å². The second kappa shape index (κ2) is 9.38. The number of ether oxygens (including phenoxy) is 1. The van der Waals surface area contributed by atoms with E-state index in [1.165, 1.54) is 0 Å². The van der Waals surface area contributed by atoms with E-state index in [1.807, 2.05) is 38.1 Å². The van der Waals surface area contributed by atoms with Crippen LogP contribution in [0, 0.1) is 19.8 Å². The second-order valence-electron chi connectivity index (χ2n) is 7.04. The molecule has 1 aromatic carbocycles. The van der Waals surface area contributed by atoms with Gasteiger partial charge in [-0.1, -0.05) is 31.1 Å². The summed E-state index contributed by atoms with van der Waals surface area (Å²) in [6.45, 7) is 8.87. The Morgan fingerprint density at radius 3 is 2.50 bits per heavy atom. The average molecular weight is 359 g/mol. The first kappa shape index (κ1) is 20.0. The average Bonchev–Trinajstić information content (AvgIpc) is 2.91. The molecule has 6 heteroatoms. The Bertz CT molecular complexity index is 688. The molecule has 0 bridgehead atoms. The maximum Gasteiger partial charge on any atom is 0.224 e. The lowest BCUT2D eigenvalue weighted by Crippen LogP contribution is -2.41. The zero-order chi connectivity index (χ0) is 19.1. The number of aryl methyl sites for hydroxylation is 2. The molecule has 142 valence electrons. The molecule has 1 unspecified atom stereocenters. The molecule has 26 heavy (non-hydrogen) atoms. The first-order valence-electron chi connectivity index (χ1n) is 9.02. The summed E-state index contributed by atoms with van der Waals surface area (Å²) in [6, 6.07) is 7.58. The van der Waals surface area contributed by atoms with Gasteiger partial charge in [-0.15, -0.1) is 0 Å². The molecule has 0 fully saturated rings. The zero-order valence-electron chi connectivity index (χ0n) is 16.0. The summed E-state index contributed by atoms with van der Waals surface area (Å²) < 4.78 is 10.9. The van der Waals surface area contributed by atoms with Crippen LogP contribution >= 0.6 is 0 Å². The molecular formula is C20H29N3O3. The van der Waals surface area contributed by atoms with Crippen molar-refractivity contribution in [2.75, 3.05) is 6.54 Å². The van der Waals surface area contributed by atoms with Gasteiger partial charge in [0.05, 0.1) is 17.7 Å². The van der Waals surface area contributed by atoms with Crippen molar-refractivity contribution in [1.82, 2.24) is 10.5 Å². The molecule has 0 aliphatic carbocycles. The van der Waals surface area contributed by atoms with Gasteiger partial charge in [-0.25, -0.2) is 0 Å². The van der Waals surface area contributed by atoms with E-state index >= 15 is 0 Å². The van der Waals surface area contributed by atoms with Crippen LogP contribution in [0.5, 0.6) is 5.75 Å². The fourth-order valence-corrected chi connectivity index (χ4v) is 2.81. The minimum Gasteiger partial charge on any atom is -0.489 e. The predicted molar refractivity (Wildman–Crippen MR) is 101 cm³/mol. The summed E-state index contributed by atoms with van der Waals surface area (Å²) >= 11 is 0. The van der Waals surface area contributed by atoms with E-state index < -0.39 is 0 Å². The lowest BCUT2D eigenvalue weighted by atomic mass is 10.0. The molecule has 1 aromatic heterocycles. The molecular weight excluding hydrogens is 330 g/mol. The van der Waals surface area contributed by atoms with Gasteiger partial charge in [0, 0.05) is 12.6 Å². The third-order valence-corrected chi connectivity index (χ3v) is 4.26.